The van der Waals surface area contributed by atoms with Crippen LogP contribution in [-0.2, 0) is 10.2 Å². The summed E-state index contributed by atoms with van der Waals surface area (Å²) in [5.74, 6) is 1.87. The summed E-state index contributed by atoms with van der Waals surface area (Å²) >= 11 is 0. The molecule has 4 atom stereocenters. The molecule has 6 rings (SSSR count). The van der Waals surface area contributed by atoms with E-state index in [4.69, 9.17) is 5.11 Å². The number of nitrogens with zero attached hydrogens (tertiary/aromatic N) is 2. The second-order valence-corrected chi connectivity index (χ2v) is 9.75. The fraction of sp³-hybridized carbons (Fsp3) is 0.696. The number of benzene rings is 1. The molecule has 1 heterocycles. The normalized spacial score (nSPS) is 37.9. The Hall–Kier alpha value is -1.39. The van der Waals surface area contributed by atoms with Gasteiger partial charge in [-0.2, -0.15) is 0 Å². The molecule has 4 heteroatoms. The summed E-state index contributed by atoms with van der Waals surface area (Å²) in [4.78, 5) is 18.1. The Bertz CT molecular complexity index is 724. The van der Waals surface area contributed by atoms with Crippen LogP contribution < -0.4 is 0 Å². The summed E-state index contributed by atoms with van der Waals surface area (Å²) in [5.41, 5.74) is 2.96. The largest absolute Gasteiger partial charge is 0.395 e. The zero-order valence-electron chi connectivity index (χ0n) is 16.5. The maximum atomic E-state index is 13.6. The van der Waals surface area contributed by atoms with E-state index in [2.05, 4.69) is 41.0 Å². The van der Waals surface area contributed by atoms with E-state index in [-0.39, 0.29) is 17.4 Å². The second kappa shape index (κ2) is 6.31. The van der Waals surface area contributed by atoms with Gasteiger partial charge in [0.15, 0.2) is 0 Å². The number of amides is 1. The van der Waals surface area contributed by atoms with E-state index in [0.29, 0.717) is 11.8 Å². The molecular formula is C23H32N2O2. The highest BCUT2D eigenvalue weighted by Crippen LogP contribution is 2.71. The molecule has 1 aromatic carbocycles. The van der Waals surface area contributed by atoms with Gasteiger partial charge in [-0.3, -0.25) is 9.69 Å². The number of hydrogen-bond acceptors (Lipinski definition) is 3. The molecule has 4 unspecified atom stereocenters. The SMILES string of the molecule is Cc1ccc(C23CC4CC2CC(C(=O)N2CCN(CCO)CC2)(C4)C3)cc1. The average Bonchev–Trinajstić information content (AvgIpc) is 3.06. The molecule has 1 N–H and O–H groups in total. The van der Waals surface area contributed by atoms with Gasteiger partial charge in [0, 0.05) is 32.7 Å². The number of β-amino-alcohol motifs (C(OH)–C–C–N with tert-alkyl or cyclic N) is 1. The van der Waals surface area contributed by atoms with Crippen molar-refractivity contribution in [2.45, 2.75) is 44.4 Å². The lowest BCUT2D eigenvalue weighted by molar-refractivity contribution is -0.147. The molecule has 4 bridgehead atoms. The number of rotatable bonds is 4. The van der Waals surface area contributed by atoms with Gasteiger partial charge in [0.25, 0.3) is 0 Å². The molecule has 1 aromatic rings. The highest BCUT2D eigenvalue weighted by atomic mass is 16.3. The van der Waals surface area contributed by atoms with Crippen LogP contribution >= 0.6 is 0 Å². The van der Waals surface area contributed by atoms with Gasteiger partial charge in [-0.15, -0.1) is 0 Å². The molecule has 0 aromatic heterocycles. The summed E-state index contributed by atoms with van der Waals surface area (Å²) in [6, 6.07) is 9.17. The number of aliphatic hydroxyl groups is 1. The van der Waals surface area contributed by atoms with E-state index in [1.807, 2.05) is 0 Å². The minimum atomic E-state index is -0.101. The molecule has 4 nitrogen and oxygen atoms in total. The Morgan fingerprint density at radius 3 is 2.56 bits per heavy atom. The average molecular weight is 369 g/mol. The molecule has 0 radical (unpaired) electrons. The van der Waals surface area contributed by atoms with Crippen LogP contribution in [0.2, 0.25) is 0 Å². The van der Waals surface area contributed by atoms with Crippen LogP contribution in [-0.4, -0.2) is 60.1 Å². The van der Waals surface area contributed by atoms with Crippen LogP contribution in [0.3, 0.4) is 0 Å². The van der Waals surface area contributed by atoms with Crippen molar-refractivity contribution >= 4 is 5.91 Å². The van der Waals surface area contributed by atoms with Gasteiger partial charge in [-0.1, -0.05) is 29.8 Å². The van der Waals surface area contributed by atoms with Crippen molar-refractivity contribution in [2.75, 3.05) is 39.3 Å². The summed E-state index contributed by atoms with van der Waals surface area (Å²) < 4.78 is 0. The minimum absolute atomic E-state index is 0.101. The maximum absolute atomic E-state index is 13.6. The second-order valence-electron chi connectivity index (χ2n) is 9.75. The van der Waals surface area contributed by atoms with E-state index >= 15 is 0 Å². The molecule has 146 valence electrons. The molecule has 1 saturated heterocycles. The Morgan fingerprint density at radius 2 is 1.85 bits per heavy atom. The first-order chi connectivity index (χ1) is 13.0. The van der Waals surface area contributed by atoms with E-state index in [0.717, 1.165) is 57.9 Å². The zero-order chi connectivity index (χ0) is 18.6. The van der Waals surface area contributed by atoms with Gasteiger partial charge in [0.2, 0.25) is 5.91 Å². The number of aryl methyl sites for hydroxylation is 1. The Balaban J connectivity index is 1.37. The number of carbonyl (C=O) groups is 1. The van der Waals surface area contributed by atoms with Crippen molar-refractivity contribution in [1.82, 2.24) is 9.80 Å². The lowest BCUT2D eigenvalue weighted by atomic mass is 9.64. The summed E-state index contributed by atoms with van der Waals surface area (Å²) in [7, 11) is 0. The molecule has 27 heavy (non-hydrogen) atoms. The van der Waals surface area contributed by atoms with Crippen molar-refractivity contribution in [3.8, 4) is 0 Å². The zero-order valence-corrected chi connectivity index (χ0v) is 16.5. The quantitative estimate of drug-likeness (QED) is 0.888. The van der Waals surface area contributed by atoms with Crippen LogP contribution in [0.25, 0.3) is 0 Å². The minimum Gasteiger partial charge on any atom is -0.395 e. The van der Waals surface area contributed by atoms with Crippen LogP contribution in [0.1, 0.15) is 43.2 Å². The Morgan fingerprint density at radius 1 is 1.11 bits per heavy atom. The Labute approximate surface area is 162 Å². The van der Waals surface area contributed by atoms with Crippen LogP contribution in [0.5, 0.6) is 0 Å². The summed E-state index contributed by atoms with van der Waals surface area (Å²) in [6.07, 6.45) is 5.91. The predicted molar refractivity (Wildman–Crippen MR) is 105 cm³/mol. The third kappa shape index (κ3) is 2.67. The first-order valence-electron chi connectivity index (χ1n) is 10.7. The first kappa shape index (κ1) is 17.7. The van der Waals surface area contributed by atoms with Crippen LogP contribution in [0.4, 0.5) is 0 Å². The number of aliphatic hydroxyl groups excluding tert-OH is 1. The molecule has 1 aliphatic heterocycles. The van der Waals surface area contributed by atoms with E-state index in [1.54, 1.807) is 0 Å². The van der Waals surface area contributed by atoms with Crippen molar-refractivity contribution in [3.05, 3.63) is 35.4 Å². The monoisotopic (exact) mass is 368 g/mol. The maximum Gasteiger partial charge on any atom is 0.228 e. The van der Waals surface area contributed by atoms with Crippen LogP contribution in [0.15, 0.2) is 24.3 Å². The topological polar surface area (TPSA) is 43.8 Å². The molecule has 5 aliphatic rings. The molecule has 4 saturated carbocycles. The number of hydrogen-bond donors (Lipinski definition) is 1. The Kier molecular flexibility index (Phi) is 4.14. The highest BCUT2D eigenvalue weighted by molar-refractivity contribution is 5.84. The van der Waals surface area contributed by atoms with Gasteiger partial charge in [0.1, 0.15) is 0 Å². The molecular weight excluding hydrogens is 336 g/mol. The van der Waals surface area contributed by atoms with E-state index < -0.39 is 0 Å². The summed E-state index contributed by atoms with van der Waals surface area (Å²) in [6.45, 7) is 6.55. The van der Waals surface area contributed by atoms with Crippen molar-refractivity contribution in [3.63, 3.8) is 0 Å². The van der Waals surface area contributed by atoms with Gasteiger partial charge < -0.3 is 10.0 Å². The smallest absolute Gasteiger partial charge is 0.228 e. The summed E-state index contributed by atoms with van der Waals surface area (Å²) in [5, 5.41) is 9.15. The number of carbonyl (C=O) groups excluding carboxylic acids is 1. The predicted octanol–water partition coefficient (Wildman–Crippen LogP) is 2.58. The van der Waals surface area contributed by atoms with Gasteiger partial charge in [0.05, 0.1) is 12.0 Å². The van der Waals surface area contributed by atoms with Gasteiger partial charge in [-0.05, 0) is 61.8 Å². The van der Waals surface area contributed by atoms with E-state index in [1.165, 1.54) is 24.0 Å². The first-order valence-corrected chi connectivity index (χ1v) is 10.7. The lowest BCUT2D eigenvalue weighted by Gasteiger charge is -2.44. The third-order valence-electron chi connectivity index (χ3n) is 8.18. The standard InChI is InChI=1S/C23H32N2O2/c1-17-2-4-19(5-3-17)23-14-18-12-20(23)15-22(13-18,16-23)21(27)25-8-6-24(7-9-25)10-11-26/h2-5,18,20,26H,6-16H2,1H3. The van der Waals surface area contributed by atoms with Gasteiger partial charge in [-0.25, -0.2) is 0 Å². The fourth-order valence-electron chi connectivity index (χ4n) is 7.14. The third-order valence-corrected chi connectivity index (χ3v) is 8.18. The van der Waals surface area contributed by atoms with E-state index in [9.17, 15) is 4.79 Å². The molecule has 0 spiro atoms. The van der Waals surface area contributed by atoms with Crippen molar-refractivity contribution < 1.29 is 9.90 Å². The van der Waals surface area contributed by atoms with Crippen LogP contribution in [0, 0.1) is 24.2 Å². The lowest BCUT2D eigenvalue weighted by Crippen LogP contribution is -2.54. The highest BCUT2D eigenvalue weighted by Gasteiger charge is 2.67. The molecule has 4 aliphatic carbocycles. The van der Waals surface area contributed by atoms with Gasteiger partial charge >= 0.3 is 0 Å². The molecule has 5 fully saturated rings. The molecule has 1 amide bonds. The van der Waals surface area contributed by atoms with Crippen molar-refractivity contribution in [1.29, 1.82) is 0 Å². The van der Waals surface area contributed by atoms with Crippen molar-refractivity contribution in [2.24, 2.45) is 17.3 Å². The fourth-order valence-corrected chi connectivity index (χ4v) is 7.14. The number of piperazine rings is 1.